The van der Waals surface area contributed by atoms with Gasteiger partial charge < -0.3 is 22.1 Å². The summed E-state index contributed by atoms with van der Waals surface area (Å²) < 4.78 is 166. The predicted octanol–water partition coefficient (Wildman–Crippen LogP) is 10.4. The molecule has 2 amide bonds. The molecule has 0 heterocycles. The lowest BCUT2D eigenvalue weighted by molar-refractivity contribution is -0.139. The van der Waals surface area contributed by atoms with Crippen molar-refractivity contribution < 1.29 is 62.3 Å². The molecule has 6 N–H and O–H groups in total. The molecule has 0 saturated carbocycles. The summed E-state index contributed by atoms with van der Waals surface area (Å²) in [6.45, 7) is 0. The van der Waals surface area contributed by atoms with Crippen molar-refractivity contribution in [3.8, 4) is 11.1 Å². The Morgan fingerprint density at radius 3 is 1.35 bits per heavy atom. The predicted molar refractivity (Wildman–Crippen MR) is 175 cm³/mol. The highest BCUT2D eigenvalue weighted by Gasteiger charge is 2.41. The lowest BCUT2D eigenvalue weighted by Crippen LogP contribution is -2.20. The van der Waals surface area contributed by atoms with E-state index in [9.17, 15) is 62.3 Å². The van der Waals surface area contributed by atoms with Crippen LogP contribution in [0.2, 0.25) is 0 Å². The number of nitrogens with two attached hydrogens (primary N) is 2. The van der Waals surface area contributed by atoms with Gasteiger partial charge in [0.05, 0.1) is 22.3 Å². The van der Waals surface area contributed by atoms with E-state index in [1.165, 1.54) is 0 Å². The summed E-state index contributed by atoms with van der Waals surface area (Å²) in [6, 6.07) is 10.9. The molecule has 18 heteroatoms. The molecule has 0 radical (unpaired) electrons. The maximum atomic E-state index is 14.1. The van der Waals surface area contributed by atoms with Crippen LogP contribution in [0, 0.1) is 0 Å². The molecule has 0 fully saturated rings. The minimum atomic E-state index is -5.17. The molecular weight excluding hydrogens is 748 g/mol. The lowest BCUT2D eigenvalue weighted by atomic mass is 9.87. The molecule has 0 saturated heterocycles. The summed E-state index contributed by atoms with van der Waals surface area (Å²) in [4.78, 5) is 25.8. The maximum absolute atomic E-state index is 14.1. The molecule has 6 nitrogen and oxygen atoms in total. The number of amides is 2. The van der Waals surface area contributed by atoms with E-state index < -0.39 is 98.8 Å². The Morgan fingerprint density at radius 1 is 0.500 bits per heavy atom. The fourth-order valence-electron chi connectivity index (χ4n) is 5.70. The first kappa shape index (κ1) is 39.3. The Bertz CT molecular complexity index is 2180. The largest absolute Gasteiger partial charge is 0.417 e. The van der Waals surface area contributed by atoms with Gasteiger partial charge in [0.15, 0.2) is 0 Å². The second-order valence-electron chi connectivity index (χ2n) is 11.9. The van der Waals surface area contributed by atoms with E-state index in [2.05, 4.69) is 10.6 Å². The first-order valence-electron chi connectivity index (χ1n) is 15.3. The Balaban J connectivity index is 1.36. The van der Waals surface area contributed by atoms with Gasteiger partial charge in [0.1, 0.15) is 0 Å². The van der Waals surface area contributed by atoms with Gasteiger partial charge in [0.25, 0.3) is 11.8 Å². The number of allylic oxidation sites excluding steroid dienone is 4. The summed E-state index contributed by atoms with van der Waals surface area (Å²) in [7, 11) is 0. The van der Waals surface area contributed by atoms with Crippen LogP contribution in [0.15, 0.2) is 96.2 Å². The van der Waals surface area contributed by atoms with Crippen molar-refractivity contribution in [2.45, 2.75) is 37.5 Å². The number of benzene rings is 4. The number of nitrogens with one attached hydrogen (secondary N) is 2. The summed E-state index contributed by atoms with van der Waals surface area (Å²) in [5.74, 6) is -1.98. The average molecular weight is 773 g/mol. The Morgan fingerprint density at radius 2 is 0.907 bits per heavy atom. The van der Waals surface area contributed by atoms with Crippen molar-refractivity contribution in [2.24, 2.45) is 5.73 Å². The molecule has 4 aromatic carbocycles. The molecule has 5 rings (SSSR count). The van der Waals surface area contributed by atoms with Gasteiger partial charge in [-0.3, -0.25) is 9.59 Å². The molecule has 284 valence electrons. The lowest BCUT2D eigenvalue weighted by Gasteiger charge is -2.24. The number of rotatable bonds is 6. The fraction of sp³-hybridized carbons (Fsp3) is 0.167. The molecule has 0 aromatic heterocycles. The first-order chi connectivity index (χ1) is 24.9. The number of carbonyl (C=O) groups excluding carboxylic acids is 2. The van der Waals surface area contributed by atoms with Crippen LogP contribution in [0.3, 0.4) is 0 Å². The van der Waals surface area contributed by atoms with Crippen molar-refractivity contribution in [2.75, 3.05) is 16.4 Å². The van der Waals surface area contributed by atoms with Crippen LogP contribution in [-0.2, 0) is 18.5 Å². The van der Waals surface area contributed by atoms with E-state index in [1.807, 2.05) is 0 Å². The fourth-order valence-corrected chi connectivity index (χ4v) is 5.70. The molecule has 0 atom stereocenters. The molecule has 0 bridgehead atoms. The van der Waals surface area contributed by atoms with Gasteiger partial charge >= 0.3 is 24.7 Å². The van der Waals surface area contributed by atoms with Gasteiger partial charge in [-0.2, -0.15) is 52.7 Å². The van der Waals surface area contributed by atoms with Crippen molar-refractivity contribution in [3.63, 3.8) is 0 Å². The van der Waals surface area contributed by atoms with Gasteiger partial charge in [-0.1, -0.05) is 18.2 Å². The van der Waals surface area contributed by atoms with Crippen LogP contribution in [0.5, 0.6) is 0 Å². The number of alkyl halides is 12. The zero-order chi connectivity index (χ0) is 40.0. The van der Waals surface area contributed by atoms with Gasteiger partial charge in [0.2, 0.25) is 0 Å². The van der Waals surface area contributed by atoms with Crippen molar-refractivity contribution in [1.29, 1.82) is 0 Å². The van der Waals surface area contributed by atoms with Gasteiger partial charge in [-0.05, 0) is 102 Å². The van der Waals surface area contributed by atoms with Gasteiger partial charge in [-0.25, -0.2) is 0 Å². The first-order valence-corrected chi connectivity index (χ1v) is 15.3. The zero-order valence-electron chi connectivity index (χ0n) is 27.0. The van der Waals surface area contributed by atoms with E-state index in [0.29, 0.717) is 24.3 Å². The minimum absolute atomic E-state index is 0.115. The standard InChI is InChI=1S/C36H24F12N4O2/c37-33(38,39)27-13-19(49)5-9-23(27)25-11-7-21(15-29(25)35(43,44)45)51-31(53)17-1-2-18(4-3-17)32(54)52-22-8-12-26(30(16-22)36(46,47)48)24-10-6-20(50)14-28(24)34(40,41)42/h1-5,7-9,11-16H,6,10,49-50H2,(H,51,53)(H,52,54). The SMILES string of the molecule is NC1=CC(C(F)(F)F)=C(c2ccc(NC(=O)c3ccc(C(=O)Nc4ccc(-c5ccc(N)cc5C(F)(F)F)c(C(F)(F)F)c4)cc3)cc2C(F)(F)F)CC1. The molecule has 0 spiro atoms. The third kappa shape index (κ3) is 8.64. The second kappa shape index (κ2) is 14.1. The number of nitrogen functional groups attached to an aromatic ring is 1. The minimum Gasteiger partial charge on any atom is -0.402 e. The molecular formula is C36H24F12N4O2. The molecule has 0 aliphatic heterocycles. The highest BCUT2D eigenvalue weighted by Crippen LogP contribution is 2.46. The molecule has 0 unspecified atom stereocenters. The highest BCUT2D eigenvalue weighted by atomic mass is 19.4. The van der Waals surface area contributed by atoms with Crippen molar-refractivity contribution >= 4 is 34.4 Å². The van der Waals surface area contributed by atoms with E-state index in [-0.39, 0.29) is 28.9 Å². The van der Waals surface area contributed by atoms with Gasteiger partial charge in [-0.15, -0.1) is 0 Å². The Labute approximate surface area is 297 Å². The quantitative estimate of drug-likeness (QED) is 0.116. The smallest absolute Gasteiger partial charge is 0.402 e. The number of carbonyl (C=O) groups is 2. The summed E-state index contributed by atoms with van der Waals surface area (Å²) in [6.07, 6.45) is -20.3. The summed E-state index contributed by atoms with van der Waals surface area (Å²) in [5.41, 5.74) is 0.461. The van der Waals surface area contributed by atoms with E-state index >= 15 is 0 Å². The summed E-state index contributed by atoms with van der Waals surface area (Å²) in [5, 5.41) is 4.39. The Hall–Kier alpha value is -5.94. The number of anilines is 3. The number of hydrogen-bond donors (Lipinski definition) is 4. The topological polar surface area (TPSA) is 110 Å². The molecule has 54 heavy (non-hydrogen) atoms. The average Bonchev–Trinajstić information content (AvgIpc) is 3.07. The maximum Gasteiger partial charge on any atom is 0.417 e. The highest BCUT2D eigenvalue weighted by molar-refractivity contribution is 6.07. The summed E-state index contributed by atoms with van der Waals surface area (Å²) >= 11 is 0. The monoisotopic (exact) mass is 772 g/mol. The molecule has 1 aliphatic carbocycles. The van der Waals surface area contributed by atoms with Crippen LogP contribution >= 0.6 is 0 Å². The third-order valence-corrected chi connectivity index (χ3v) is 8.16. The number of hydrogen-bond acceptors (Lipinski definition) is 4. The van der Waals surface area contributed by atoms with Crippen LogP contribution in [-0.4, -0.2) is 18.0 Å². The normalized spacial score (nSPS) is 14.1. The second-order valence-corrected chi connectivity index (χ2v) is 11.9. The van der Waals surface area contributed by atoms with Crippen LogP contribution in [0.1, 0.15) is 55.8 Å². The molecule has 1 aliphatic rings. The van der Waals surface area contributed by atoms with Crippen molar-refractivity contribution in [1.82, 2.24) is 0 Å². The number of halogens is 12. The van der Waals surface area contributed by atoms with E-state index in [1.54, 1.807) is 0 Å². The van der Waals surface area contributed by atoms with Crippen LogP contribution in [0.4, 0.5) is 69.7 Å². The zero-order valence-corrected chi connectivity index (χ0v) is 27.0. The van der Waals surface area contributed by atoms with E-state index in [4.69, 9.17) is 11.5 Å². The van der Waals surface area contributed by atoms with Crippen LogP contribution < -0.4 is 22.1 Å². The third-order valence-electron chi connectivity index (χ3n) is 8.16. The van der Waals surface area contributed by atoms with Crippen LogP contribution in [0.25, 0.3) is 16.7 Å². The van der Waals surface area contributed by atoms with E-state index in [0.717, 1.165) is 60.7 Å². The van der Waals surface area contributed by atoms with Gasteiger partial charge in [0, 0.05) is 33.9 Å². The van der Waals surface area contributed by atoms with Crippen molar-refractivity contribution in [3.05, 3.63) is 130 Å². The molecule has 4 aromatic rings. The Kier molecular flexibility index (Phi) is 10.3.